The van der Waals surface area contributed by atoms with Crippen LogP contribution in [0.3, 0.4) is 0 Å². The van der Waals surface area contributed by atoms with Crippen molar-refractivity contribution in [3.8, 4) is 11.5 Å². The maximum absolute atomic E-state index is 14.4. The van der Waals surface area contributed by atoms with Crippen LogP contribution in [0.4, 0.5) is 4.39 Å². The Morgan fingerprint density at radius 2 is 2.18 bits per heavy atom. The Morgan fingerprint density at radius 1 is 1.27 bits per heavy atom. The molecule has 1 aliphatic rings. The minimum Gasteiger partial charge on any atom is -0.453 e. The molecule has 1 unspecified atom stereocenters. The van der Waals surface area contributed by atoms with Crippen LogP contribution in [0.25, 0.3) is 11.0 Å². The Morgan fingerprint density at radius 3 is 3.09 bits per heavy atom. The average molecular weight is 297 g/mol. The summed E-state index contributed by atoms with van der Waals surface area (Å²) in [5.41, 5.74) is 2.88. The van der Waals surface area contributed by atoms with Gasteiger partial charge < -0.3 is 15.0 Å². The van der Waals surface area contributed by atoms with E-state index in [9.17, 15) is 4.39 Å². The third-order valence-electron chi connectivity index (χ3n) is 4.13. The van der Waals surface area contributed by atoms with Gasteiger partial charge in [-0.1, -0.05) is 6.92 Å². The Balaban J connectivity index is 1.76. The Hall–Kier alpha value is -2.40. The molecule has 1 atom stereocenters. The highest BCUT2D eigenvalue weighted by molar-refractivity contribution is 5.82. The molecule has 5 heteroatoms. The van der Waals surface area contributed by atoms with E-state index in [4.69, 9.17) is 4.74 Å². The molecule has 0 fully saturated rings. The summed E-state index contributed by atoms with van der Waals surface area (Å²) in [6.07, 6.45) is 3.44. The number of hydrogen-bond acceptors (Lipinski definition) is 3. The van der Waals surface area contributed by atoms with E-state index in [1.165, 1.54) is 0 Å². The van der Waals surface area contributed by atoms with Crippen molar-refractivity contribution in [2.45, 2.75) is 19.4 Å². The number of rotatable bonds is 2. The van der Waals surface area contributed by atoms with E-state index in [1.54, 1.807) is 30.6 Å². The van der Waals surface area contributed by atoms with Crippen molar-refractivity contribution in [2.24, 2.45) is 0 Å². The van der Waals surface area contributed by atoms with Crippen LogP contribution < -0.4 is 10.1 Å². The number of pyridine rings is 1. The molecular formula is C17H16FN3O. The molecule has 4 rings (SSSR count). The molecule has 0 radical (unpaired) electrons. The van der Waals surface area contributed by atoms with E-state index in [2.05, 4.69) is 22.2 Å². The van der Waals surface area contributed by atoms with Gasteiger partial charge in [0.1, 0.15) is 11.4 Å². The summed E-state index contributed by atoms with van der Waals surface area (Å²) in [5, 5.41) is 4.17. The summed E-state index contributed by atoms with van der Waals surface area (Å²) in [6.45, 7) is 3.71. The number of nitrogens with zero attached hydrogens (tertiary/aromatic N) is 1. The molecule has 0 aliphatic carbocycles. The standard InChI is InChI=1S/C17H16FN3O/c1-10-8-19-9-11-6-16(14(18)7-13(10)11)22-15-3-5-21-17-12(15)2-4-20-17/h2-7,10,19H,8-9H2,1H3,(H,20,21). The second-order valence-electron chi connectivity index (χ2n) is 5.66. The van der Waals surface area contributed by atoms with Crippen LogP contribution in [0.15, 0.2) is 36.7 Å². The lowest BCUT2D eigenvalue weighted by Gasteiger charge is -2.24. The molecule has 0 bridgehead atoms. The highest BCUT2D eigenvalue weighted by Crippen LogP contribution is 2.34. The number of benzene rings is 1. The first-order valence-corrected chi connectivity index (χ1v) is 7.35. The van der Waals surface area contributed by atoms with Crippen molar-refractivity contribution in [3.05, 3.63) is 53.6 Å². The van der Waals surface area contributed by atoms with Gasteiger partial charge in [0.05, 0.1) is 5.39 Å². The molecule has 3 aromatic rings. The lowest BCUT2D eigenvalue weighted by Crippen LogP contribution is -2.26. The Kier molecular flexibility index (Phi) is 3.08. The molecule has 1 aliphatic heterocycles. The number of hydrogen-bond donors (Lipinski definition) is 2. The average Bonchev–Trinajstić information content (AvgIpc) is 2.99. The molecule has 0 amide bonds. The molecule has 4 nitrogen and oxygen atoms in total. The number of nitrogens with one attached hydrogen (secondary N) is 2. The number of H-pyrrole nitrogens is 1. The summed E-state index contributed by atoms with van der Waals surface area (Å²) in [5.74, 6) is 0.836. The van der Waals surface area contributed by atoms with E-state index >= 15 is 0 Å². The van der Waals surface area contributed by atoms with Gasteiger partial charge in [-0.2, -0.15) is 0 Å². The molecule has 0 spiro atoms. The van der Waals surface area contributed by atoms with E-state index < -0.39 is 0 Å². The molecule has 22 heavy (non-hydrogen) atoms. The van der Waals surface area contributed by atoms with Crippen molar-refractivity contribution in [1.82, 2.24) is 15.3 Å². The highest BCUT2D eigenvalue weighted by Gasteiger charge is 2.20. The SMILES string of the molecule is CC1CNCc2cc(Oc3ccnc4[nH]ccc34)c(F)cc21. The first-order chi connectivity index (χ1) is 10.7. The van der Waals surface area contributed by atoms with Gasteiger partial charge in [0.15, 0.2) is 11.6 Å². The molecule has 2 aromatic heterocycles. The molecule has 1 aromatic carbocycles. The fraction of sp³-hybridized carbons (Fsp3) is 0.235. The number of ether oxygens (including phenoxy) is 1. The first-order valence-electron chi connectivity index (χ1n) is 7.35. The molecule has 0 saturated heterocycles. The topological polar surface area (TPSA) is 49.9 Å². The lowest BCUT2D eigenvalue weighted by atomic mass is 9.92. The van der Waals surface area contributed by atoms with Crippen molar-refractivity contribution in [3.63, 3.8) is 0 Å². The van der Waals surface area contributed by atoms with Gasteiger partial charge in [-0.15, -0.1) is 0 Å². The molecule has 0 saturated carbocycles. The Labute approximate surface area is 127 Å². The second kappa shape index (κ2) is 5.10. The van der Waals surface area contributed by atoms with Gasteiger partial charge in [0, 0.05) is 25.5 Å². The quantitative estimate of drug-likeness (QED) is 0.758. The zero-order valence-electron chi connectivity index (χ0n) is 12.2. The lowest BCUT2D eigenvalue weighted by molar-refractivity contribution is 0.441. The number of aromatic amines is 1. The van der Waals surface area contributed by atoms with E-state index in [0.29, 0.717) is 11.7 Å². The van der Waals surface area contributed by atoms with Gasteiger partial charge >= 0.3 is 0 Å². The van der Waals surface area contributed by atoms with Crippen LogP contribution in [0, 0.1) is 5.82 Å². The van der Waals surface area contributed by atoms with Crippen LogP contribution in [0.2, 0.25) is 0 Å². The van der Waals surface area contributed by atoms with Gasteiger partial charge in [-0.25, -0.2) is 9.37 Å². The smallest absolute Gasteiger partial charge is 0.166 e. The fourth-order valence-corrected chi connectivity index (χ4v) is 2.98. The molecule has 3 heterocycles. The number of fused-ring (bicyclic) bond motifs is 2. The monoisotopic (exact) mass is 297 g/mol. The van der Waals surface area contributed by atoms with Crippen molar-refractivity contribution in [2.75, 3.05) is 6.54 Å². The predicted molar refractivity (Wildman–Crippen MR) is 82.7 cm³/mol. The third kappa shape index (κ3) is 2.14. The van der Waals surface area contributed by atoms with E-state index in [1.807, 2.05) is 6.07 Å². The van der Waals surface area contributed by atoms with E-state index in [-0.39, 0.29) is 11.6 Å². The van der Waals surface area contributed by atoms with Crippen molar-refractivity contribution < 1.29 is 9.13 Å². The molecule has 112 valence electrons. The summed E-state index contributed by atoms with van der Waals surface area (Å²) < 4.78 is 20.2. The molecular weight excluding hydrogens is 281 g/mol. The minimum absolute atomic E-state index is 0.253. The fourth-order valence-electron chi connectivity index (χ4n) is 2.98. The third-order valence-corrected chi connectivity index (χ3v) is 4.13. The van der Waals surface area contributed by atoms with Crippen LogP contribution in [0.1, 0.15) is 24.0 Å². The number of halogens is 1. The summed E-state index contributed by atoms with van der Waals surface area (Å²) in [4.78, 5) is 7.23. The van der Waals surface area contributed by atoms with Crippen molar-refractivity contribution >= 4 is 11.0 Å². The van der Waals surface area contributed by atoms with Crippen LogP contribution >= 0.6 is 0 Å². The predicted octanol–water partition coefficient (Wildman–Crippen LogP) is 3.70. The summed E-state index contributed by atoms with van der Waals surface area (Å²) in [6, 6.07) is 7.02. The number of aromatic nitrogens is 2. The van der Waals surface area contributed by atoms with E-state index in [0.717, 1.165) is 35.2 Å². The second-order valence-corrected chi connectivity index (χ2v) is 5.66. The van der Waals surface area contributed by atoms with Gasteiger partial charge in [0.2, 0.25) is 0 Å². The van der Waals surface area contributed by atoms with Crippen LogP contribution in [-0.2, 0) is 6.54 Å². The van der Waals surface area contributed by atoms with Crippen molar-refractivity contribution in [1.29, 1.82) is 0 Å². The summed E-state index contributed by atoms with van der Waals surface area (Å²) in [7, 11) is 0. The minimum atomic E-state index is -0.326. The van der Waals surface area contributed by atoms with Gasteiger partial charge in [-0.05, 0) is 41.3 Å². The largest absolute Gasteiger partial charge is 0.453 e. The molecule has 2 N–H and O–H groups in total. The zero-order valence-corrected chi connectivity index (χ0v) is 12.2. The maximum atomic E-state index is 14.4. The van der Waals surface area contributed by atoms with Gasteiger partial charge in [-0.3, -0.25) is 0 Å². The normalized spacial score (nSPS) is 17.5. The Bertz CT molecular complexity index is 843. The van der Waals surface area contributed by atoms with Crippen LogP contribution in [0.5, 0.6) is 11.5 Å². The first kappa shape index (κ1) is 13.3. The maximum Gasteiger partial charge on any atom is 0.166 e. The van der Waals surface area contributed by atoms with Gasteiger partial charge in [0.25, 0.3) is 0 Å². The zero-order chi connectivity index (χ0) is 15.1. The van der Waals surface area contributed by atoms with Crippen LogP contribution in [-0.4, -0.2) is 16.5 Å². The summed E-state index contributed by atoms with van der Waals surface area (Å²) >= 11 is 0. The highest BCUT2D eigenvalue weighted by atomic mass is 19.1.